The quantitative estimate of drug-likeness (QED) is 0.806. The summed E-state index contributed by atoms with van der Waals surface area (Å²) < 4.78 is 0. The van der Waals surface area contributed by atoms with Gasteiger partial charge in [-0.1, -0.05) is 24.3 Å². The van der Waals surface area contributed by atoms with Crippen molar-refractivity contribution in [2.45, 2.75) is 0 Å². The number of para-hydroxylation sites is 1. The number of hydrogen-bond acceptors (Lipinski definition) is 3. The van der Waals surface area contributed by atoms with Gasteiger partial charge < -0.3 is 10.6 Å². The molecule has 0 bridgehead atoms. The van der Waals surface area contributed by atoms with E-state index in [0.29, 0.717) is 12.2 Å². The molecule has 1 aromatic heterocycles. The summed E-state index contributed by atoms with van der Waals surface area (Å²) in [5, 5.41) is 5.91. The van der Waals surface area contributed by atoms with Crippen LogP contribution in [0.2, 0.25) is 0 Å². The second-order valence-corrected chi connectivity index (χ2v) is 3.92. The Balaban J connectivity index is 2.11. The van der Waals surface area contributed by atoms with Crippen molar-refractivity contribution in [2.75, 3.05) is 11.9 Å². The van der Waals surface area contributed by atoms with Crippen LogP contribution >= 0.6 is 0 Å². The zero-order valence-corrected chi connectivity index (χ0v) is 10.5. The fraction of sp³-hybridized carbons (Fsp3) is 0.0667. The molecule has 0 aliphatic heterocycles. The number of benzene rings is 1. The second kappa shape index (κ2) is 6.35. The van der Waals surface area contributed by atoms with E-state index < -0.39 is 0 Å². The zero-order valence-electron chi connectivity index (χ0n) is 10.5. The molecule has 0 radical (unpaired) electrons. The highest BCUT2D eigenvalue weighted by Gasteiger charge is 2.06. The van der Waals surface area contributed by atoms with Crippen molar-refractivity contribution in [1.82, 2.24) is 10.3 Å². The molecule has 4 nitrogen and oxygen atoms in total. The maximum absolute atomic E-state index is 11.8. The lowest BCUT2D eigenvalue weighted by atomic mass is 10.2. The molecule has 0 saturated heterocycles. The molecule has 2 rings (SSSR count). The Morgan fingerprint density at radius 1 is 1.21 bits per heavy atom. The minimum absolute atomic E-state index is 0.211. The molecule has 1 heterocycles. The first-order chi connectivity index (χ1) is 9.29. The number of carbonyl (C=O) groups excluding carboxylic acids is 1. The van der Waals surface area contributed by atoms with E-state index in [1.807, 2.05) is 36.4 Å². The fourth-order valence-electron chi connectivity index (χ4n) is 1.58. The number of rotatable bonds is 5. The van der Waals surface area contributed by atoms with Gasteiger partial charge >= 0.3 is 0 Å². The Labute approximate surface area is 112 Å². The molecule has 1 aromatic carbocycles. The smallest absolute Gasteiger partial charge is 0.270 e. The van der Waals surface area contributed by atoms with Gasteiger partial charge in [-0.2, -0.15) is 0 Å². The molecule has 0 aliphatic carbocycles. The molecule has 0 fully saturated rings. The van der Waals surface area contributed by atoms with Crippen LogP contribution in [0, 0.1) is 0 Å². The van der Waals surface area contributed by atoms with E-state index in [9.17, 15) is 4.79 Å². The van der Waals surface area contributed by atoms with Gasteiger partial charge in [0.2, 0.25) is 0 Å². The molecule has 0 unspecified atom stereocenters. The summed E-state index contributed by atoms with van der Waals surface area (Å²) >= 11 is 0. The third-order valence-corrected chi connectivity index (χ3v) is 2.46. The Hall–Kier alpha value is -2.62. The number of amides is 1. The van der Waals surface area contributed by atoms with Crippen molar-refractivity contribution in [3.63, 3.8) is 0 Å². The lowest BCUT2D eigenvalue weighted by molar-refractivity contribution is 0.0953. The first kappa shape index (κ1) is 12.8. The Morgan fingerprint density at radius 2 is 2.00 bits per heavy atom. The first-order valence-corrected chi connectivity index (χ1v) is 5.97. The van der Waals surface area contributed by atoms with Gasteiger partial charge in [-0.25, -0.2) is 0 Å². The Morgan fingerprint density at radius 3 is 2.74 bits per heavy atom. The molecule has 0 spiro atoms. The van der Waals surface area contributed by atoms with Gasteiger partial charge in [-0.3, -0.25) is 9.78 Å². The van der Waals surface area contributed by atoms with Crippen LogP contribution in [-0.4, -0.2) is 17.4 Å². The molecule has 0 atom stereocenters. The van der Waals surface area contributed by atoms with Crippen molar-refractivity contribution in [3.8, 4) is 0 Å². The lowest BCUT2D eigenvalue weighted by Crippen LogP contribution is -2.24. The molecule has 0 aliphatic rings. The molecule has 4 heteroatoms. The van der Waals surface area contributed by atoms with Gasteiger partial charge in [-0.15, -0.1) is 6.58 Å². The molecular weight excluding hydrogens is 238 g/mol. The molecule has 19 heavy (non-hydrogen) atoms. The minimum Gasteiger partial charge on any atom is -0.355 e. The van der Waals surface area contributed by atoms with Crippen LogP contribution < -0.4 is 10.6 Å². The van der Waals surface area contributed by atoms with Crippen molar-refractivity contribution >= 4 is 17.3 Å². The maximum Gasteiger partial charge on any atom is 0.270 e. The van der Waals surface area contributed by atoms with Crippen molar-refractivity contribution in [3.05, 3.63) is 67.0 Å². The molecule has 96 valence electrons. The highest BCUT2D eigenvalue weighted by Crippen LogP contribution is 2.15. The summed E-state index contributed by atoms with van der Waals surface area (Å²) in [4.78, 5) is 15.8. The van der Waals surface area contributed by atoms with E-state index in [4.69, 9.17) is 0 Å². The normalized spacial score (nSPS) is 9.68. The van der Waals surface area contributed by atoms with E-state index >= 15 is 0 Å². The summed E-state index contributed by atoms with van der Waals surface area (Å²) in [5.41, 5.74) is 2.17. The van der Waals surface area contributed by atoms with Gasteiger partial charge in [0.1, 0.15) is 5.69 Å². The van der Waals surface area contributed by atoms with E-state index in [1.165, 1.54) is 0 Å². The van der Waals surface area contributed by atoms with Gasteiger partial charge in [0.25, 0.3) is 5.91 Å². The standard InChI is InChI=1S/C15H15N3O/c1-2-9-17-15(19)14-11-13(8-10-16-14)18-12-6-4-3-5-7-12/h2-8,10-11H,1,9H2,(H,16,18)(H,17,19). The average molecular weight is 253 g/mol. The summed E-state index contributed by atoms with van der Waals surface area (Å²) in [5.74, 6) is -0.211. The van der Waals surface area contributed by atoms with Crippen LogP contribution in [0.15, 0.2) is 61.3 Å². The average Bonchev–Trinajstić information content (AvgIpc) is 2.46. The summed E-state index contributed by atoms with van der Waals surface area (Å²) in [6, 6.07) is 13.3. The summed E-state index contributed by atoms with van der Waals surface area (Å²) in [6.45, 7) is 3.98. The van der Waals surface area contributed by atoms with Crippen molar-refractivity contribution in [1.29, 1.82) is 0 Å². The van der Waals surface area contributed by atoms with Crippen LogP contribution in [0.1, 0.15) is 10.5 Å². The Kier molecular flexibility index (Phi) is 4.29. The number of nitrogens with zero attached hydrogens (tertiary/aromatic N) is 1. The first-order valence-electron chi connectivity index (χ1n) is 5.97. The predicted molar refractivity (Wildman–Crippen MR) is 76.5 cm³/mol. The highest BCUT2D eigenvalue weighted by atomic mass is 16.1. The number of carbonyl (C=O) groups is 1. The monoisotopic (exact) mass is 253 g/mol. The van der Waals surface area contributed by atoms with E-state index in [2.05, 4.69) is 22.2 Å². The second-order valence-electron chi connectivity index (χ2n) is 3.92. The molecule has 2 aromatic rings. The molecule has 1 amide bonds. The van der Waals surface area contributed by atoms with Crippen LogP contribution in [0.25, 0.3) is 0 Å². The topological polar surface area (TPSA) is 54.0 Å². The van der Waals surface area contributed by atoms with Crippen molar-refractivity contribution in [2.24, 2.45) is 0 Å². The number of hydrogen-bond donors (Lipinski definition) is 2. The zero-order chi connectivity index (χ0) is 13.5. The lowest BCUT2D eigenvalue weighted by Gasteiger charge is -2.07. The number of anilines is 2. The van der Waals surface area contributed by atoms with Crippen LogP contribution in [0.5, 0.6) is 0 Å². The van der Waals surface area contributed by atoms with Gasteiger partial charge in [0.15, 0.2) is 0 Å². The number of nitrogens with one attached hydrogen (secondary N) is 2. The van der Waals surface area contributed by atoms with Crippen LogP contribution in [0.4, 0.5) is 11.4 Å². The molecule has 0 saturated carbocycles. The molecule has 2 N–H and O–H groups in total. The number of pyridine rings is 1. The fourth-order valence-corrected chi connectivity index (χ4v) is 1.58. The summed E-state index contributed by atoms with van der Waals surface area (Å²) in [7, 11) is 0. The number of aromatic nitrogens is 1. The van der Waals surface area contributed by atoms with Gasteiger partial charge in [-0.05, 0) is 24.3 Å². The highest BCUT2D eigenvalue weighted by molar-refractivity contribution is 5.93. The third-order valence-electron chi connectivity index (χ3n) is 2.46. The third kappa shape index (κ3) is 3.67. The minimum atomic E-state index is -0.211. The van der Waals surface area contributed by atoms with E-state index in [1.54, 1.807) is 18.3 Å². The predicted octanol–water partition coefficient (Wildman–Crippen LogP) is 2.74. The largest absolute Gasteiger partial charge is 0.355 e. The van der Waals surface area contributed by atoms with Crippen LogP contribution in [0.3, 0.4) is 0 Å². The maximum atomic E-state index is 11.8. The molecular formula is C15H15N3O. The van der Waals surface area contributed by atoms with E-state index in [-0.39, 0.29) is 5.91 Å². The van der Waals surface area contributed by atoms with Gasteiger partial charge in [0, 0.05) is 24.1 Å². The summed E-state index contributed by atoms with van der Waals surface area (Å²) in [6.07, 6.45) is 3.23. The van der Waals surface area contributed by atoms with Crippen LogP contribution in [-0.2, 0) is 0 Å². The van der Waals surface area contributed by atoms with E-state index in [0.717, 1.165) is 11.4 Å². The van der Waals surface area contributed by atoms with Gasteiger partial charge in [0.05, 0.1) is 0 Å². The SMILES string of the molecule is C=CCNC(=O)c1cc(Nc2ccccc2)ccn1. The van der Waals surface area contributed by atoms with Crippen molar-refractivity contribution < 1.29 is 4.79 Å². The Bertz CT molecular complexity index is 567.